The second kappa shape index (κ2) is 7.19. The Balaban J connectivity index is 1.97. The fraction of sp³-hybridized carbons (Fsp3) is 0.588. The normalized spacial score (nSPS) is 23.2. The van der Waals surface area contributed by atoms with Crippen LogP contribution in [0.2, 0.25) is 0 Å². The molecule has 2 N–H and O–H groups in total. The second-order valence-corrected chi connectivity index (χ2v) is 8.56. The van der Waals surface area contributed by atoms with Crippen LogP contribution in [-0.4, -0.2) is 38.9 Å². The van der Waals surface area contributed by atoms with E-state index >= 15 is 0 Å². The Morgan fingerprint density at radius 1 is 1.35 bits per heavy atom. The lowest BCUT2D eigenvalue weighted by Gasteiger charge is -2.48. The Hall–Kier alpha value is -1.60. The van der Waals surface area contributed by atoms with Gasteiger partial charge >= 0.3 is 0 Å². The minimum absolute atomic E-state index is 0.238. The van der Waals surface area contributed by atoms with Gasteiger partial charge in [0.1, 0.15) is 11.6 Å². The van der Waals surface area contributed by atoms with Gasteiger partial charge in [-0.05, 0) is 37.8 Å². The van der Waals surface area contributed by atoms with E-state index in [1.165, 1.54) is 0 Å². The Morgan fingerprint density at radius 2 is 2.00 bits per heavy atom. The molecule has 1 saturated heterocycles. The van der Waals surface area contributed by atoms with Crippen molar-refractivity contribution in [1.29, 1.82) is 5.26 Å². The summed E-state index contributed by atoms with van der Waals surface area (Å²) in [7, 11) is -4.55. The molecule has 0 bridgehead atoms. The lowest BCUT2D eigenvalue weighted by atomic mass is 9.63. The van der Waals surface area contributed by atoms with E-state index in [0.29, 0.717) is 38.0 Å². The van der Waals surface area contributed by atoms with E-state index in [9.17, 15) is 22.3 Å². The molecule has 1 saturated carbocycles. The number of nitrogens with zero attached hydrogens (tertiary/aromatic N) is 1. The number of ether oxygens (including phenoxy) is 1. The summed E-state index contributed by atoms with van der Waals surface area (Å²) in [6.07, 6.45) is 2.95. The van der Waals surface area contributed by atoms with Gasteiger partial charge in [0.05, 0.1) is 30.4 Å². The predicted molar refractivity (Wildman–Crippen MR) is 87.5 cm³/mol. The third-order valence-corrected chi connectivity index (χ3v) is 6.83. The first-order chi connectivity index (χ1) is 12.3. The molecule has 26 heavy (non-hydrogen) atoms. The van der Waals surface area contributed by atoms with Gasteiger partial charge in [0.25, 0.3) is 0 Å². The highest BCUT2D eigenvalue weighted by Gasteiger charge is 2.50. The average Bonchev–Trinajstić information content (AvgIpc) is 3.06. The minimum Gasteiger partial charge on any atom is -0.396 e. The van der Waals surface area contributed by atoms with Crippen LogP contribution in [0.25, 0.3) is 0 Å². The summed E-state index contributed by atoms with van der Waals surface area (Å²) in [4.78, 5) is -1.12. The van der Waals surface area contributed by atoms with Gasteiger partial charge in [-0.1, -0.05) is 6.42 Å². The number of nitriles is 1. The zero-order chi connectivity index (χ0) is 18.9. The van der Waals surface area contributed by atoms with Crippen LogP contribution in [0, 0.1) is 28.4 Å². The molecule has 9 heteroatoms. The topological polar surface area (TPSA) is 99.4 Å². The largest absolute Gasteiger partial charge is 0.396 e. The van der Waals surface area contributed by atoms with Crippen LogP contribution < -0.4 is 4.72 Å². The van der Waals surface area contributed by atoms with E-state index in [4.69, 9.17) is 10.00 Å². The Morgan fingerprint density at radius 3 is 2.42 bits per heavy atom. The first kappa shape index (κ1) is 19.2. The zero-order valence-electron chi connectivity index (χ0n) is 14.0. The maximum atomic E-state index is 14.2. The highest BCUT2D eigenvalue weighted by atomic mass is 32.2. The van der Waals surface area contributed by atoms with Gasteiger partial charge in [0.15, 0.2) is 4.90 Å². The number of aliphatic hydroxyl groups is 1. The summed E-state index contributed by atoms with van der Waals surface area (Å²) in [5.74, 6) is -2.65. The average molecular weight is 386 g/mol. The molecular weight excluding hydrogens is 366 g/mol. The van der Waals surface area contributed by atoms with Gasteiger partial charge in [-0.15, -0.1) is 0 Å². The van der Waals surface area contributed by atoms with Crippen molar-refractivity contribution in [2.75, 3.05) is 13.2 Å². The van der Waals surface area contributed by atoms with Crippen molar-refractivity contribution in [3.8, 4) is 6.07 Å². The summed E-state index contributed by atoms with van der Waals surface area (Å²) < 4.78 is 61.9. The first-order valence-electron chi connectivity index (χ1n) is 8.47. The highest BCUT2D eigenvalue weighted by Crippen LogP contribution is 2.46. The number of rotatable bonds is 6. The van der Waals surface area contributed by atoms with Crippen molar-refractivity contribution >= 4 is 10.0 Å². The number of benzene rings is 1. The van der Waals surface area contributed by atoms with E-state index in [0.717, 1.165) is 12.8 Å². The molecule has 2 fully saturated rings. The molecule has 1 aliphatic carbocycles. The number of hydrogen-bond acceptors (Lipinski definition) is 5. The van der Waals surface area contributed by atoms with Crippen LogP contribution in [0.5, 0.6) is 0 Å². The van der Waals surface area contributed by atoms with Gasteiger partial charge < -0.3 is 9.84 Å². The van der Waals surface area contributed by atoms with E-state index in [1.807, 2.05) is 0 Å². The molecule has 0 aromatic heterocycles. The molecule has 3 rings (SSSR count). The Bertz CT molecular complexity index is 799. The van der Waals surface area contributed by atoms with Crippen molar-refractivity contribution in [3.63, 3.8) is 0 Å². The predicted octanol–water partition coefficient (Wildman–Crippen LogP) is 1.82. The minimum atomic E-state index is -4.55. The lowest BCUT2D eigenvalue weighted by Crippen LogP contribution is -2.58. The van der Waals surface area contributed by atoms with Crippen LogP contribution in [0.4, 0.5) is 8.78 Å². The second-order valence-electron chi connectivity index (χ2n) is 6.91. The molecule has 6 nitrogen and oxygen atoms in total. The standard InChI is InChI=1S/C17H20F2N2O4S/c18-12-7-11(9-20)8-13(19)15(12)26(23,24)21-16(14-3-1-6-25-14)17(10-22)4-2-5-17/h7-8,14,16,21-22H,1-6,10H2. The third kappa shape index (κ3) is 3.34. The summed E-state index contributed by atoms with van der Waals surface area (Å²) in [5.41, 5.74) is -0.998. The number of aliphatic hydroxyl groups excluding tert-OH is 1. The molecule has 2 atom stereocenters. The highest BCUT2D eigenvalue weighted by molar-refractivity contribution is 7.89. The molecule has 1 aromatic rings. The van der Waals surface area contributed by atoms with Crippen LogP contribution in [0.3, 0.4) is 0 Å². The van der Waals surface area contributed by atoms with E-state index in [2.05, 4.69) is 4.72 Å². The number of nitrogens with one attached hydrogen (secondary N) is 1. The number of halogens is 2. The summed E-state index contributed by atoms with van der Waals surface area (Å²) in [5, 5.41) is 18.6. The van der Waals surface area contributed by atoms with Crippen LogP contribution in [0.15, 0.2) is 17.0 Å². The van der Waals surface area contributed by atoms with Gasteiger partial charge in [-0.2, -0.15) is 5.26 Å². The van der Waals surface area contributed by atoms with Crippen LogP contribution in [0.1, 0.15) is 37.7 Å². The van der Waals surface area contributed by atoms with E-state index < -0.39 is 44.1 Å². The fourth-order valence-electron chi connectivity index (χ4n) is 3.77. The summed E-state index contributed by atoms with van der Waals surface area (Å²) in [6, 6.07) is 2.17. The third-order valence-electron chi connectivity index (χ3n) is 5.34. The van der Waals surface area contributed by atoms with E-state index in [1.54, 1.807) is 6.07 Å². The van der Waals surface area contributed by atoms with Gasteiger partial charge in [-0.25, -0.2) is 21.9 Å². The van der Waals surface area contributed by atoms with Crippen molar-refractivity contribution in [2.24, 2.45) is 5.41 Å². The molecule has 142 valence electrons. The monoisotopic (exact) mass is 386 g/mol. The maximum absolute atomic E-state index is 14.2. The molecule has 2 aliphatic rings. The summed E-state index contributed by atoms with van der Waals surface area (Å²) >= 11 is 0. The van der Waals surface area contributed by atoms with Crippen molar-refractivity contribution in [2.45, 2.75) is 49.1 Å². The molecule has 0 spiro atoms. The van der Waals surface area contributed by atoms with Crippen molar-refractivity contribution in [3.05, 3.63) is 29.3 Å². The number of hydrogen-bond donors (Lipinski definition) is 2. The maximum Gasteiger partial charge on any atom is 0.246 e. The smallest absolute Gasteiger partial charge is 0.246 e. The molecule has 1 heterocycles. The molecule has 0 amide bonds. The van der Waals surface area contributed by atoms with Crippen molar-refractivity contribution in [1.82, 2.24) is 4.72 Å². The molecule has 2 unspecified atom stereocenters. The molecular formula is C17H20F2N2O4S. The van der Waals surface area contributed by atoms with Crippen LogP contribution >= 0.6 is 0 Å². The molecule has 1 aliphatic heterocycles. The van der Waals surface area contributed by atoms with Gasteiger partial charge in [-0.3, -0.25) is 0 Å². The first-order valence-corrected chi connectivity index (χ1v) is 9.95. The Kier molecular flexibility index (Phi) is 5.30. The zero-order valence-corrected chi connectivity index (χ0v) is 14.9. The fourth-order valence-corrected chi connectivity index (χ4v) is 5.25. The van der Waals surface area contributed by atoms with Crippen LogP contribution in [-0.2, 0) is 14.8 Å². The quantitative estimate of drug-likeness (QED) is 0.777. The lowest BCUT2D eigenvalue weighted by molar-refractivity contribution is -0.0429. The summed E-state index contributed by atoms with van der Waals surface area (Å²) in [6.45, 7) is 0.238. The van der Waals surface area contributed by atoms with Crippen molar-refractivity contribution < 1.29 is 27.0 Å². The van der Waals surface area contributed by atoms with Gasteiger partial charge in [0, 0.05) is 12.0 Å². The Labute approximate surface area is 150 Å². The molecule has 1 aromatic carbocycles. The molecule has 0 radical (unpaired) electrons. The number of sulfonamides is 1. The van der Waals surface area contributed by atoms with E-state index in [-0.39, 0.29) is 12.2 Å². The van der Waals surface area contributed by atoms with Gasteiger partial charge in [0.2, 0.25) is 10.0 Å². The SMILES string of the molecule is N#Cc1cc(F)c(S(=O)(=O)NC(C2CCCO2)C2(CO)CCC2)c(F)c1.